The van der Waals surface area contributed by atoms with Crippen LogP contribution in [0.3, 0.4) is 0 Å². The van der Waals surface area contributed by atoms with Crippen LogP contribution in [0, 0.1) is 0 Å². The lowest BCUT2D eigenvalue weighted by Crippen LogP contribution is -2.54. The second-order valence-corrected chi connectivity index (χ2v) is 13.1. The van der Waals surface area contributed by atoms with Gasteiger partial charge >= 0.3 is 24.7 Å². The summed E-state index contributed by atoms with van der Waals surface area (Å²) in [6, 6.07) is 13.5. The van der Waals surface area contributed by atoms with Crippen molar-refractivity contribution in [3.8, 4) is 28.7 Å². The molecular formula is C39H27F12N3O6. The Labute approximate surface area is 332 Å². The number of anilines is 3. The second kappa shape index (κ2) is 15.4. The average molecular weight is 864 g/mol. The Morgan fingerprint density at radius 3 is 1.28 bits per heavy atom. The summed E-state index contributed by atoms with van der Waals surface area (Å²) in [7, 11) is 0. The molecule has 0 unspecified atom stereocenters. The van der Waals surface area contributed by atoms with E-state index >= 15 is 0 Å². The fourth-order valence-electron chi connectivity index (χ4n) is 5.93. The maximum Gasteiger partial charge on any atom is 0.411 e. The van der Waals surface area contributed by atoms with E-state index in [1.54, 1.807) is 0 Å². The van der Waals surface area contributed by atoms with Crippen LogP contribution >= 0.6 is 0 Å². The summed E-state index contributed by atoms with van der Waals surface area (Å²) in [5.74, 6) is -4.06. The number of rotatable bonds is 11. The minimum atomic E-state index is -6.08. The molecule has 318 valence electrons. The summed E-state index contributed by atoms with van der Waals surface area (Å²) in [5, 5.41) is 22.5. The first kappa shape index (κ1) is 41.4. The predicted molar refractivity (Wildman–Crippen MR) is 190 cm³/mol. The lowest BCUT2D eigenvalue weighted by molar-refractivity contribution is -0.297. The fourth-order valence-corrected chi connectivity index (χ4v) is 5.93. The number of nitrogen functional groups attached to an aromatic ring is 1. The highest BCUT2D eigenvalue weighted by molar-refractivity contribution is 6.06. The zero-order valence-electron chi connectivity index (χ0n) is 31.9. The third-order valence-corrected chi connectivity index (χ3v) is 9.38. The number of phenolic OH excluding ortho intramolecular Hbond substituents is 3. The molecular weight excluding hydrogens is 834 g/mol. The summed E-state index contributed by atoms with van der Waals surface area (Å²) in [6.45, 7) is -0.0859. The van der Waals surface area contributed by atoms with Crippen LogP contribution in [0.25, 0.3) is 0 Å². The van der Waals surface area contributed by atoms with E-state index in [1.165, 1.54) is 24.3 Å². The minimum Gasteiger partial charge on any atom is -0.506 e. The number of amides is 2. The number of carbonyl (C=O) groups excluding carboxylic acids is 2. The standard InChI is InChI=1S/C39H27F12N3O6/c1-34(36(40,41)42,37(43,44)45)21-6-14-30(56)27(17-21)53-32(58)19-2-9-24(10-3-19)60-25-11-4-20(5-12-25)33(59)54-28-18-23(8-15-31(28)57)35(38(46,47)48,39(49,50)51)22-7-13-29(55)26(52)16-22/h2-18,55-57H,52H2,1H3,(H,53,58)(H,54,59)/i/hD2. The molecule has 7 N–H and O–H groups in total. The average Bonchev–Trinajstić information content (AvgIpc) is 3.17. The molecule has 21 heteroatoms. The number of phenols is 3. The molecule has 0 fully saturated rings. The Morgan fingerprint density at radius 1 is 0.550 bits per heavy atom. The maximum atomic E-state index is 14.7. The van der Waals surface area contributed by atoms with E-state index in [2.05, 4.69) is 20.9 Å². The molecule has 5 aromatic carbocycles. The number of hydrogen-bond donors (Lipinski definition) is 6. The normalized spacial score (nSPS) is 13.2. The molecule has 0 bridgehead atoms. The number of aromatic hydroxyl groups is 3. The second-order valence-electron chi connectivity index (χ2n) is 13.1. The third-order valence-electron chi connectivity index (χ3n) is 9.38. The van der Waals surface area contributed by atoms with Gasteiger partial charge in [-0.1, -0.05) is 18.2 Å². The summed E-state index contributed by atoms with van der Waals surface area (Å²) in [4.78, 5) is 26.1. The molecule has 0 aliphatic heterocycles. The molecule has 2 amide bonds. The summed E-state index contributed by atoms with van der Waals surface area (Å²) in [6.07, 6.45) is -23.8. The lowest BCUT2D eigenvalue weighted by Gasteiger charge is -2.38. The number of halogens is 12. The molecule has 5 aromatic rings. The van der Waals surface area contributed by atoms with Gasteiger partial charge in [-0.2, -0.15) is 52.7 Å². The highest BCUT2D eigenvalue weighted by Crippen LogP contribution is 2.57. The van der Waals surface area contributed by atoms with Gasteiger partial charge in [-0.3, -0.25) is 9.59 Å². The largest absolute Gasteiger partial charge is 0.506 e. The van der Waals surface area contributed by atoms with Gasteiger partial charge in [-0.25, -0.2) is 0 Å². The number of alkyl halides is 12. The van der Waals surface area contributed by atoms with Gasteiger partial charge < -0.3 is 36.4 Å². The summed E-state index contributed by atoms with van der Waals surface area (Å²) >= 11 is 0. The van der Waals surface area contributed by atoms with Gasteiger partial charge in [-0.05, 0) is 109 Å². The van der Waals surface area contributed by atoms with Gasteiger partial charge in [0.2, 0.25) is 5.41 Å². The molecule has 0 aromatic heterocycles. The number of benzene rings is 5. The molecule has 5 rings (SSSR count). The molecule has 0 atom stereocenters. The van der Waals surface area contributed by atoms with Crippen molar-refractivity contribution < 1.29 is 82.3 Å². The van der Waals surface area contributed by atoms with Crippen molar-refractivity contribution in [3.63, 3.8) is 0 Å². The van der Waals surface area contributed by atoms with Gasteiger partial charge in [0, 0.05) is 11.1 Å². The molecule has 9 nitrogen and oxygen atoms in total. The molecule has 0 radical (unpaired) electrons. The van der Waals surface area contributed by atoms with E-state index in [1.807, 2.05) is 0 Å². The molecule has 0 aliphatic carbocycles. The molecule has 60 heavy (non-hydrogen) atoms. The van der Waals surface area contributed by atoms with Crippen molar-refractivity contribution in [1.82, 2.24) is 0 Å². The van der Waals surface area contributed by atoms with Crippen LogP contribution in [-0.2, 0) is 10.8 Å². The highest BCUT2D eigenvalue weighted by atomic mass is 19.4. The first-order valence-corrected chi connectivity index (χ1v) is 16.6. The zero-order chi connectivity index (χ0) is 46.2. The van der Waals surface area contributed by atoms with E-state index in [9.17, 15) is 67.4 Å². The Balaban J connectivity index is 1.34. The van der Waals surface area contributed by atoms with Crippen molar-refractivity contribution in [2.24, 2.45) is 0 Å². The minimum absolute atomic E-state index is 0.0377. The quantitative estimate of drug-likeness (QED) is 0.0439. The van der Waals surface area contributed by atoms with Crippen LogP contribution in [0.5, 0.6) is 28.7 Å². The van der Waals surface area contributed by atoms with E-state index < -0.39 is 98.4 Å². The van der Waals surface area contributed by atoms with Crippen molar-refractivity contribution in [2.75, 3.05) is 16.4 Å². The van der Waals surface area contributed by atoms with Crippen LogP contribution in [0.4, 0.5) is 69.7 Å². The van der Waals surface area contributed by atoms with Crippen LogP contribution in [0.1, 0.15) is 44.3 Å². The number of hydrogen-bond acceptors (Lipinski definition) is 7. The molecule has 0 saturated carbocycles. The van der Waals surface area contributed by atoms with Crippen molar-refractivity contribution in [1.29, 1.82) is 2.86 Å². The van der Waals surface area contributed by atoms with E-state index in [0.29, 0.717) is 54.6 Å². The predicted octanol–water partition coefficient (Wildman–Crippen LogP) is 10.5. The van der Waals surface area contributed by atoms with E-state index in [0.717, 1.165) is 24.3 Å². The van der Waals surface area contributed by atoms with Gasteiger partial charge in [0.05, 0.1) is 17.1 Å². The van der Waals surface area contributed by atoms with Crippen LogP contribution < -0.4 is 21.1 Å². The summed E-state index contributed by atoms with van der Waals surface area (Å²) in [5.41, 5.74) is -10.5. The van der Waals surface area contributed by atoms with Crippen LogP contribution in [0.2, 0.25) is 0 Å². The zero-order valence-corrected chi connectivity index (χ0v) is 29.9. The Kier molecular flexibility index (Phi) is 10.6. The van der Waals surface area contributed by atoms with Gasteiger partial charge in [0.15, 0.2) is 5.41 Å². The number of ether oxygens (including phenoxy) is 1. The first-order valence-electron chi connectivity index (χ1n) is 17.4. The summed E-state index contributed by atoms with van der Waals surface area (Å²) < 4.78 is 190. The lowest BCUT2D eigenvalue weighted by atomic mass is 9.72. The van der Waals surface area contributed by atoms with Gasteiger partial charge in [-0.15, -0.1) is 0 Å². The highest BCUT2D eigenvalue weighted by Gasteiger charge is 2.73. The molecule has 0 aliphatic rings. The number of nitrogens with two attached hydrogens (primary N) is 1. The Bertz CT molecular complexity index is 2430. The van der Waals surface area contributed by atoms with Crippen LogP contribution in [-0.4, -0.2) is 54.7 Å². The number of carbonyl (C=O) groups is 2. The molecule has 0 heterocycles. The smallest absolute Gasteiger partial charge is 0.411 e. The van der Waals surface area contributed by atoms with Crippen molar-refractivity contribution >= 4 is 28.9 Å². The maximum absolute atomic E-state index is 14.7. The Morgan fingerprint density at radius 2 is 0.917 bits per heavy atom. The molecule has 0 spiro atoms. The van der Waals surface area contributed by atoms with Crippen molar-refractivity contribution in [2.45, 2.75) is 42.5 Å². The topological polar surface area (TPSA) is 154 Å². The van der Waals surface area contributed by atoms with E-state index in [4.69, 9.17) is 13.3 Å². The fraction of sp³-hybridized carbons (Fsp3) is 0.179. The number of nitrogens with one attached hydrogen (secondary N) is 2. The first-order chi connectivity index (χ1) is 28.7. The SMILES string of the molecule is [2H]Oc1ccc(C(C)(C(F)(F)F)C(F)(F)F)cc1NC(=O)c1ccc(Oc2ccc(C(=O)Nc3cc(C(c4ccc(O)c(N)c4)(C(F)(F)F)C(F)(F)F)ccc3O[2H])cc2)cc1. The van der Waals surface area contributed by atoms with Gasteiger partial charge in [0.25, 0.3) is 14.7 Å². The Hall–Kier alpha value is -6.80. The van der Waals surface area contributed by atoms with E-state index in [-0.39, 0.29) is 29.5 Å². The van der Waals surface area contributed by atoms with Gasteiger partial charge in [0.1, 0.15) is 28.7 Å². The third kappa shape index (κ3) is 8.10. The van der Waals surface area contributed by atoms with Crippen molar-refractivity contribution in [3.05, 3.63) is 131 Å². The monoisotopic (exact) mass is 863 g/mol. The molecule has 0 saturated heterocycles. The van der Waals surface area contributed by atoms with Crippen LogP contribution in [0.15, 0.2) is 103 Å².